The molecule has 1 amide bonds. The number of nitrogens with zero attached hydrogens (tertiary/aromatic N) is 2. The summed E-state index contributed by atoms with van der Waals surface area (Å²) >= 11 is 7.62. The van der Waals surface area contributed by atoms with Crippen LogP contribution in [0.3, 0.4) is 0 Å². The third-order valence-corrected chi connectivity index (χ3v) is 6.65. The normalized spacial score (nSPS) is 18.0. The number of anilines is 1. The number of halogens is 1. The number of allylic oxidation sites excluding steroid dienone is 1. The lowest BCUT2D eigenvalue weighted by molar-refractivity contribution is -0.139. The molecule has 2 aromatic carbocycles. The zero-order valence-electron chi connectivity index (χ0n) is 17.9. The van der Waals surface area contributed by atoms with Crippen molar-refractivity contribution in [1.82, 2.24) is 4.90 Å². The smallest absolute Gasteiger partial charge is 0.338 e. The molecule has 2 aromatic rings. The van der Waals surface area contributed by atoms with Gasteiger partial charge in [0.25, 0.3) is 5.91 Å². The average Bonchev–Trinajstić information content (AvgIpc) is 2.79. The molecule has 0 spiro atoms. The lowest BCUT2D eigenvalue weighted by Gasteiger charge is -2.40. The standard InChI is InChI=1S/C24H24ClN3O3S/c1-3-31-23(30)20-15(2)26-24-28(12-5-13-32-24)21(20)17-6-4-7-19(14-17)27-22(29)16-8-10-18(25)11-9-16/h4,6-11,14,21H,3,5,12-13H2,1-2H3,(H,27,29)/t21-/m1/s1. The molecule has 2 aliphatic heterocycles. The maximum absolute atomic E-state index is 12.9. The fourth-order valence-electron chi connectivity index (χ4n) is 3.88. The summed E-state index contributed by atoms with van der Waals surface area (Å²) in [5, 5.41) is 4.44. The molecule has 1 atom stereocenters. The first-order valence-electron chi connectivity index (χ1n) is 10.5. The number of rotatable bonds is 5. The fraction of sp³-hybridized carbons (Fsp3) is 0.292. The number of fused-ring (bicyclic) bond motifs is 1. The molecule has 6 nitrogen and oxygen atoms in total. The van der Waals surface area contributed by atoms with Crippen LogP contribution in [0.2, 0.25) is 5.02 Å². The zero-order chi connectivity index (χ0) is 22.7. The number of amides is 1. The number of thioether (sulfide) groups is 1. The summed E-state index contributed by atoms with van der Waals surface area (Å²) in [5.41, 5.74) is 3.28. The van der Waals surface area contributed by atoms with E-state index in [0.29, 0.717) is 34.2 Å². The van der Waals surface area contributed by atoms with E-state index in [-0.39, 0.29) is 17.9 Å². The highest BCUT2D eigenvalue weighted by Gasteiger charge is 2.37. The minimum atomic E-state index is -0.357. The van der Waals surface area contributed by atoms with Gasteiger partial charge in [-0.2, -0.15) is 0 Å². The summed E-state index contributed by atoms with van der Waals surface area (Å²) in [6.07, 6.45) is 1.00. The number of benzene rings is 2. The monoisotopic (exact) mass is 469 g/mol. The average molecular weight is 470 g/mol. The lowest BCUT2D eigenvalue weighted by atomic mass is 9.94. The van der Waals surface area contributed by atoms with Crippen LogP contribution in [0.5, 0.6) is 0 Å². The maximum atomic E-state index is 12.9. The number of carbonyl (C=O) groups excluding carboxylic acids is 2. The molecule has 2 aliphatic rings. The van der Waals surface area contributed by atoms with Gasteiger partial charge in [0.1, 0.15) is 0 Å². The van der Waals surface area contributed by atoms with E-state index in [0.717, 1.165) is 29.4 Å². The summed E-state index contributed by atoms with van der Waals surface area (Å²) in [4.78, 5) is 32.4. The first-order chi connectivity index (χ1) is 15.5. The minimum Gasteiger partial charge on any atom is -0.463 e. The first kappa shape index (κ1) is 22.4. The highest BCUT2D eigenvalue weighted by Crippen LogP contribution is 2.40. The maximum Gasteiger partial charge on any atom is 0.338 e. The molecule has 0 bridgehead atoms. The molecule has 1 fully saturated rings. The fourth-order valence-corrected chi connectivity index (χ4v) is 5.02. The van der Waals surface area contributed by atoms with E-state index >= 15 is 0 Å². The number of esters is 1. The van der Waals surface area contributed by atoms with Gasteiger partial charge in [0.05, 0.1) is 23.9 Å². The Morgan fingerprint density at radius 2 is 2.03 bits per heavy atom. The van der Waals surface area contributed by atoms with Crippen molar-refractivity contribution in [1.29, 1.82) is 0 Å². The summed E-state index contributed by atoms with van der Waals surface area (Å²) in [7, 11) is 0. The van der Waals surface area contributed by atoms with Crippen LogP contribution < -0.4 is 5.32 Å². The van der Waals surface area contributed by atoms with E-state index in [2.05, 4.69) is 15.2 Å². The van der Waals surface area contributed by atoms with Gasteiger partial charge in [0.15, 0.2) is 5.17 Å². The van der Waals surface area contributed by atoms with E-state index in [1.165, 1.54) is 0 Å². The molecule has 4 rings (SSSR count). The number of aliphatic imine (C=N–C) groups is 1. The number of hydrogen-bond acceptors (Lipinski definition) is 6. The quantitative estimate of drug-likeness (QED) is 0.603. The van der Waals surface area contributed by atoms with Gasteiger partial charge >= 0.3 is 5.97 Å². The third-order valence-electron chi connectivity index (χ3n) is 5.32. The van der Waals surface area contributed by atoms with Gasteiger partial charge in [-0.15, -0.1) is 0 Å². The summed E-state index contributed by atoms with van der Waals surface area (Å²) in [5.74, 6) is 0.418. The van der Waals surface area contributed by atoms with Crippen molar-refractivity contribution in [2.75, 3.05) is 24.2 Å². The van der Waals surface area contributed by atoms with Crippen LogP contribution in [0, 0.1) is 0 Å². The van der Waals surface area contributed by atoms with Crippen LogP contribution in [0.15, 0.2) is 64.8 Å². The van der Waals surface area contributed by atoms with E-state index in [4.69, 9.17) is 16.3 Å². The predicted molar refractivity (Wildman–Crippen MR) is 129 cm³/mol. The molecule has 0 unspecified atom stereocenters. The van der Waals surface area contributed by atoms with Crippen molar-refractivity contribution in [3.63, 3.8) is 0 Å². The van der Waals surface area contributed by atoms with Gasteiger partial charge < -0.3 is 15.0 Å². The Hall–Kier alpha value is -2.77. The molecule has 8 heteroatoms. The van der Waals surface area contributed by atoms with Gasteiger partial charge in [0.2, 0.25) is 0 Å². The second-order valence-electron chi connectivity index (χ2n) is 7.50. The molecule has 0 saturated carbocycles. The van der Waals surface area contributed by atoms with Crippen molar-refractivity contribution < 1.29 is 14.3 Å². The van der Waals surface area contributed by atoms with Crippen LogP contribution in [0.4, 0.5) is 5.69 Å². The van der Waals surface area contributed by atoms with Gasteiger partial charge in [-0.1, -0.05) is 35.5 Å². The van der Waals surface area contributed by atoms with Crippen molar-refractivity contribution in [3.05, 3.63) is 76.0 Å². The molecule has 2 heterocycles. The minimum absolute atomic E-state index is 0.226. The molecule has 0 aliphatic carbocycles. The molecule has 0 radical (unpaired) electrons. The Kier molecular flexibility index (Phi) is 6.86. The molecular weight excluding hydrogens is 446 g/mol. The molecule has 0 aromatic heterocycles. The third kappa shape index (κ3) is 4.69. The topological polar surface area (TPSA) is 71.0 Å². The van der Waals surface area contributed by atoms with Crippen LogP contribution in [0.25, 0.3) is 0 Å². The lowest BCUT2D eigenvalue weighted by Crippen LogP contribution is -2.42. The van der Waals surface area contributed by atoms with Gasteiger partial charge in [0, 0.05) is 28.6 Å². The number of ether oxygens (including phenoxy) is 1. The van der Waals surface area contributed by atoms with Gasteiger partial charge in [-0.05, 0) is 62.2 Å². The van der Waals surface area contributed by atoms with Crippen LogP contribution in [0.1, 0.15) is 42.2 Å². The second-order valence-corrected chi connectivity index (χ2v) is 9.00. The molecule has 32 heavy (non-hydrogen) atoms. The van der Waals surface area contributed by atoms with Crippen LogP contribution in [-0.4, -0.2) is 40.8 Å². The van der Waals surface area contributed by atoms with Crippen LogP contribution >= 0.6 is 23.4 Å². The Balaban J connectivity index is 1.67. The zero-order valence-corrected chi connectivity index (χ0v) is 19.5. The Labute approximate surface area is 196 Å². The number of hydrogen-bond donors (Lipinski definition) is 1. The van der Waals surface area contributed by atoms with E-state index in [1.807, 2.05) is 31.2 Å². The molecular formula is C24H24ClN3O3S. The van der Waals surface area contributed by atoms with E-state index < -0.39 is 0 Å². The second kappa shape index (κ2) is 9.79. The summed E-state index contributed by atoms with van der Waals surface area (Å²) in [6.45, 7) is 4.74. The van der Waals surface area contributed by atoms with Crippen molar-refractivity contribution in [2.45, 2.75) is 26.3 Å². The highest BCUT2D eigenvalue weighted by molar-refractivity contribution is 8.13. The van der Waals surface area contributed by atoms with E-state index in [1.54, 1.807) is 43.0 Å². The number of carbonyl (C=O) groups is 2. The van der Waals surface area contributed by atoms with Crippen molar-refractivity contribution in [2.24, 2.45) is 4.99 Å². The largest absolute Gasteiger partial charge is 0.463 e. The Bertz CT molecular complexity index is 1100. The highest BCUT2D eigenvalue weighted by atomic mass is 35.5. The Morgan fingerprint density at radius 1 is 1.25 bits per heavy atom. The van der Waals surface area contributed by atoms with Crippen molar-refractivity contribution >= 4 is 46.1 Å². The van der Waals surface area contributed by atoms with E-state index in [9.17, 15) is 9.59 Å². The summed E-state index contributed by atoms with van der Waals surface area (Å²) in [6, 6.07) is 14.0. The predicted octanol–water partition coefficient (Wildman–Crippen LogP) is 5.28. The van der Waals surface area contributed by atoms with Gasteiger partial charge in [-0.3, -0.25) is 4.79 Å². The number of nitrogens with one attached hydrogen (secondary N) is 1. The van der Waals surface area contributed by atoms with Gasteiger partial charge in [-0.25, -0.2) is 9.79 Å². The number of amidine groups is 1. The molecule has 1 saturated heterocycles. The first-order valence-corrected chi connectivity index (χ1v) is 11.9. The Morgan fingerprint density at radius 3 is 2.78 bits per heavy atom. The van der Waals surface area contributed by atoms with Crippen LogP contribution in [-0.2, 0) is 9.53 Å². The van der Waals surface area contributed by atoms with Crippen molar-refractivity contribution in [3.8, 4) is 0 Å². The molecule has 166 valence electrons. The molecule has 1 N–H and O–H groups in total. The summed E-state index contributed by atoms with van der Waals surface area (Å²) < 4.78 is 5.37. The SMILES string of the molecule is CCOC(=O)C1=C(C)N=C2SCCCN2[C@@H]1c1cccc(NC(=O)c2ccc(Cl)cc2)c1.